The van der Waals surface area contributed by atoms with Gasteiger partial charge in [0.25, 0.3) is 0 Å². The van der Waals surface area contributed by atoms with E-state index < -0.39 is 5.60 Å². The zero-order valence-corrected chi connectivity index (χ0v) is 22.2. The molecule has 0 saturated carbocycles. The number of fused-ring (bicyclic) bond motifs is 1. The molecule has 1 saturated heterocycles. The van der Waals surface area contributed by atoms with Crippen molar-refractivity contribution in [3.05, 3.63) is 88.5 Å². The first-order valence-electron chi connectivity index (χ1n) is 13.2. The zero-order chi connectivity index (χ0) is 25.4. The summed E-state index contributed by atoms with van der Waals surface area (Å²) in [5, 5.41) is 0. The third-order valence-corrected chi connectivity index (χ3v) is 7.83. The zero-order valence-electron chi connectivity index (χ0n) is 22.2. The van der Waals surface area contributed by atoms with E-state index in [0.29, 0.717) is 5.56 Å². The third kappa shape index (κ3) is 3.91. The largest absolute Gasteiger partial charge is 0.441 e. The summed E-state index contributed by atoms with van der Waals surface area (Å²) in [6.45, 7) is 10.6. The number of carbonyl (C=O) groups excluding carboxylic acids is 1. The van der Waals surface area contributed by atoms with Gasteiger partial charge >= 0.3 is 5.97 Å². The number of nitrogens with zero attached hydrogens (tertiary/aromatic N) is 3. The van der Waals surface area contributed by atoms with Gasteiger partial charge < -0.3 is 19.4 Å². The summed E-state index contributed by atoms with van der Waals surface area (Å²) in [6, 6.07) is 21.3. The van der Waals surface area contributed by atoms with Crippen molar-refractivity contribution in [1.29, 1.82) is 0 Å². The SMILES string of the molecule is CCN(CC)c1ccc(C2(c3ccc(N4CCCC4)cc3)OC(=O)c3cc(N(C)C)ccc32)c(C)c1. The van der Waals surface area contributed by atoms with Gasteiger partial charge in [-0.25, -0.2) is 4.79 Å². The number of carbonyl (C=O) groups is 1. The quantitative estimate of drug-likeness (QED) is 0.387. The van der Waals surface area contributed by atoms with Gasteiger partial charge in [-0.2, -0.15) is 0 Å². The standard InChI is InChI=1S/C31H37N3O2/c1-6-33(7-2)26-15-16-28(22(3)20-26)31(23-10-12-24(13-11-23)34-18-8-9-19-34)29-17-14-25(32(4)5)21-27(29)30(35)36-31/h10-17,20-21H,6-9,18-19H2,1-5H3. The van der Waals surface area contributed by atoms with Gasteiger partial charge in [-0.15, -0.1) is 0 Å². The normalized spacial score (nSPS) is 18.8. The molecule has 2 heterocycles. The van der Waals surface area contributed by atoms with E-state index in [-0.39, 0.29) is 5.97 Å². The van der Waals surface area contributed by atoms with Crippen molar-refractivity contribution in [2.24, 2.45) is 0 Å². The molecule has 3 aromatic carbocycles. The number of esters is 1. The van der Waals surface area contributed by atoms with Crippen LogP contribution in [0.2, 0.25) is 0 Å². The molecule has 0 radical (unpaired) electrons. The first-order valence-corrected chi connectivity index (χ1v) is 13.2. The van der Waals surface area contributed by atoms with Crippen molar-refractivity contribution in [2.75, 3.05) is 55.0 Å². The van der Waals surface area contributed by atoms with Crippen LogP contribution < -0.4 is 14.7 Å². The fourth-order valence-corrected chi connectivity index (χ4v) is 5.82. The molecule has 3 aromatic rings. The highest BCUT2D eigenvalue weighted by atomic mass is 16.6. The summed E-state index contributed by atoms with van der Waals surface area (Å²) in [6.07, 6.45) is 2.48. The lowest BCUT2D eigenvalue weighted by Crippen LogP contribution is -2.31. The molecule has 5 rings (SSSR count). The first-order chi connectivity index (χ1) is 17.4. The summed E-state index contributed by atoms with van der Waals surface area (Å²) in [5.41, 5.74) is 7.07. The molecule has 0 bridgehead atoms. The van der Waals surface area contributed by atoms with Crippen molar-refractivity contribution in [1.82, 2.24) is 0 Å². The monoisotopic (exact) mass is 483 g/mol. The fraction of sp³-hybridized carbons (Fsp3) is 0.387. The molecule has 36 heavy (non-hydrogen) atoms. The predicted octanol–water partition coefficient (Wildman–Crippen LogP) is 5.97. The molecule has 1 fully saturated rings. The molecule has 1 atom stereocenters. The Morgan fingerprint density at radius 2 is 1.50 bits per heavy atom. The summed E-state index contributed by atoms with van der Waals surface area (Å²) in [4.78, 5) is 20.2. The van der Waals surface area contributed by atoms with Crippen molar-refractivity contribution in [3.63, 3.8) is 0 Å². The van der Waals surface area contributed by atoms with Crippen LogP contribution >= 0.6 is 0 Å². The van der Waals surface area contributed by atoms with E-state index in [9.17, 15) is 4.79 Å². The average molecular weight is 484 g/mol. The van der Waals surface area contributed by atoms with Crippen LogP contribution in [0.3, 0.4) is 0 Å². The number of hydrogen-bond donors (Lipinski definition) is 0. The Hall–Kier alpha value is -3.47. The van der Waals surface area contributed by atoms with Crippen molar-refractivity contribution in [2.45, 2.75) is 39.2 Å². The average Bonchev–Trinajstić information content (AvgIpc) is 3.52. The minimum atomic E-state index is -0.979. The molecule has 0 aliphatic carbocycles. The van der Waals surface area contributed by atoms with Gasteiger partial charge in [-0.3, -0.25) is 0 Å². The van der Waals surface area contributed by atoms with Gasteiger partial charge in [0.15, 0.2) is 5.60 Å². The molecule has 0 N–H and O–H groups in total. The van der Waals surface area contributed by atoms with Crippen LogP contribution in [0.1, 0.15) is 59.3 Å². The molecule has 5 nitrogen and oxygen atoms in total. The summed E-state index contributed by atoms with van der Waals surface area (Å²) in [7, 11) is 3.98. The van der Waals surface area contributed by atoms with Gasteiger partial charge in [0.05, 0.1) is 5.56 Å². The second-order valence-electron chi connectivity index (χ2n) is 10.1. The smallest absolute Gasteiger partial charge is 0.340 e. The van der Waals surface area contributed by atoms with Crippen molar-refractivity contribution >= 4 is 23.0 Å². The van der Waals surface area contributed by atoms with Gasteiger partial charge in [-0.05, 0) is 75.6 Å². The minimum absolute atomic E-state index is 0.274. The summed E-state index contributed by atoms with van der Waals surface area (Å²) < 4.78 is 6.44. The van der Waals surface area contributed by atoms with Crippen LogP contribution in [0.15, 0.2) is 60.7 Å². The van der Waals surface area contributed by atoms with Crippen LogP contribution in [-0.2, 0) is 10.3 Å². The van der Waals surface area contributed by atoms with Crippen LogP contribution in [0.5, 0.6) is 0 Å². The van der Waals surface area contributed by atoms with Crippen LogP contribution in [0.25, 0.3) is 0 Å². The highest BCUT2D eigenvalue weighted by molar-refractivity contribution is 5.97. The molecule has 1 unspecified atom stereocenters. The van der Waals surface area contributed by atoms with E-state index >= 15 is 0 Å². The fourth-order valence-electron chi connectivity index (χ4n) is 5.82. The molecule has 0 amide bonds. The van der Waals surface area contributed by atoms with E-state index in [1.807, 2.05) is 25.1 Å². The lowest BCUT2D eigenvalue weighted by Gasteiger charge is -2.33. The molecule has 2 aliphatic rings. The molecule has 5 heteroatoms. The van der Waals surface area contributed by atoms with E-state index in [0.717, 1.165) is 54.1 Å². The molecule has 2 aliphatic heterocycles. The van der Waals surface area contributed by atoms with Crippen molar-refractivity contribution in [3.8, 4) is 0 Å². The minimum Gasteiger partial charge on any atom is -0.441 e. The second-order valence-corrected chi connectivity index (χ2v) is 10.1. The molecular weight excluding hydrogens is 446 g/mol. The Labute approximate surface area is 215 Å². The van der Waals surface area contributed by atoms with E-state index in [1.165, 1.54) is 24.2 Å². The number of rotatable bonds is 7. The number of hydrogen-bond acceptors (Lipinski definition) is 5. The second kappa shape index (κ2) is 9.53. The lowest BCUT2D eigenvalue weighted by molar-refractivity contribution is 0.0250. The molecule has 188 valence electrons. The Bertz CT molecular complexity index is 1260. The maximum Gasteiger partial charge on any atom is 0.340 e. The molecule has 0 spiro atoms. The Balaban J connectivity index is 1.69. The topological polar surface area (TPSA) is 36.0 Å². The Kier molecular flexibility index (Phi) is 6.42. The summed E-state index contributed by atoms with van der Waals surface area (Å²) in [5.74, 6) is -0.274. The molecular formula is C31H37N3O2. The Morgan fingerprint density at radius 1 is 0.861 bits per heavy atom. The lowest BCUT2D eigenvalue weighted by atomic mass is 9.78. The highest BCUT2D eigenvalue weighted by Crippen LogP contribution is 2.49. The van der Waals surface area contributed by atoms with Crippen LogP contribution in [-0.4, -0.2) is 46.2 Å². The van der Waals surface area contributed by atoms with Gasteiger partial charge in [-0.1, -0.05) is 24.3 Å². The Morgan fingerprint density at radius 3 is 2.11 bits per heavy atom. The molecule has 0 aromatic heterocycles. The van der Waals surface area contributed by atoms with Gasteiger partial charge in [0.1, 0.15) is 0 Å². The maximum absolute atomic E-state index is 13.4. The van der Waals surface area contributed by atoms with E-state index in [1.54, 1.807) is 0 Å². The number of aryl methyl sites for hydroxylation is 1. The van der Waals surface area contributed by atoms with Crippen molar-refractivity contribution < 1.29 is 9.53 Å². The van der Waals surface area contributed by atoms with Gasteiger partial charge in [0, 0.05) is 74.0 Å². The van der Waals surface area contributed by atoms with Crippen LogP contribution in [0, 0.1) is 6.92 Å². The van der Waals surface area contributed by atoms with Gasteiger partial charge in [0.2, 0.25) is 0 Å². The van der Waals surface area contributed by atoms with Crippen LogP contribution in [0.4, 0.5) is 17.1 Å². The number of benzene rings is 3. The van der Waals surface area contributed by atoms with E-state index in [4.69, 9.17) is 4.74 Å². The number of cyclic esters (lactones) is 1. The van der Waals surface area contributed by atoms with E-state index in [2.05, 4.69) is 85.2 Å². The predicted molar refractivity (Wildman–Crippen MR) is 149 cm³/mol. The maximum atomic E-state index is 13.4. The number of ether oxygens (including phenoxy) is 1. The number of anilines is 3. The highest BCUT2D eigenvalue weighted by Gasteiger charge is 2.49. The third-order valence-electron chi connectivity index (χ3n) is 7.83. The summed E-state index contributed by atoms with van der Waals surface area (Å²) >= 11 is 0. The first kappa shape index (κ1) is 24.2.